The van der Waals surface area contributed by atoms with Crippen LogP contribution in [0.3, 0.4) is 0 Å². The normalized spacial score (nSPS) is 18.7. The van der Waals surface area contributed by atoms with Gasteiger partial charge in [-0.25, -0.2) is 0 Å². The van der Waals surface area contributed by atoms with Gasteiger partial charge in [-0.3, -0.25) is 4.79 Å². The molecule has 1 N–H and O–H groups in total. The maximum atomic E-state index is 11.4. The van der Waals surface area contributed by atoms with Crippen LogP contribution in [0.15, 0.2) is 0 Å². The van der Waals surface area contributed by atoms with E-state index < -0.39 is 0 Å². The molecule has 1 heterocycles. The highest BCUT2D eigenvalue weighted by Gasteiger charge is 2.18. The van der Waals surface area contributed by atoms with Gasteiger partial charge >= 0.3 is 0 Å². The molecule has 94 valence electrons. The molecule has 0 atom stereocenters. The fourth-order valence-electron chi connectivity index (χ4n) is 2.07. The Bertz CT molecular complexity index is 211. The third kappa shape index (κ3) is 4.49. The molecule has 0 spiro atoms. The van der Waals surface area contributed by atoms with E-state index in [0.29, 0.717) is 18.9 Å². The van der Waals surface area contributed by atoms with Crippen molar-refractivity contribution in [2.45, 2.75) is 25.7 Å². The van der Waals surface area contributed by atoms with Gasteiger partial charge in [0.25, 0.3) is 0 Å². The van der Waals surface area contributed by atoms with Crippen LogP contribution in [0.25, 0.3) is 0 Å². The predicted octanol–water partition coefficient (Wildman–Crippen LogP) is 0.559. The van der Waals surface area contributed by atoms with Crippen molar-refractivity contribution in [3.05, 3.63) is 0 Å². The van der Waals surface area contributed by atoms with E-state index in [1.54, 1.807) is 19.0 Å². The quantitative estimate of drug-likeness (QED) is 0.748. The maximum Gasteiger partial charge on any atom is 0.222 e. The van der Waals surface area contributed by atoms with E-state index >= 15 is 0 Å². The van der Waals surface area contributed by atoms with Crippen LogP contribution >= 0.6 is 0 Å². The third-order valence-corrected chi connectivity index (χ3v) is 3.33. The number of aliphatic hydroxyl groups excluding tert-OH is 1. The molecule has 1 amide bonds. The van der Waals surface area contributed by atoms with Gasteiger partial charge < -0.3 is 14.9 Å². The highest BCUT2D eigenvalue weighted by molar-refractivity contribution is 5.75. The summed E-state index contributed by atoms with van der Waals surface area (Å²) in [5, 5.41) is 9.02. The molecule has 1 rings (SSSR count). The Kier molecular flexibility index (Phi) is 5.77. The van der Waals surface area contributed by atoms with Crippen molar-refractivity contribution in [3.63, 3.8) is 0 Å². The van der Waals surface area contributed by atoms with Gasteiger partial charge in [-0.15, -0.1) is 0 Å². The number of piperidine rings is 1. The van der Waals surface area contributed by atoms with Gasteiger partial charge in [0.05, 0.1) is 0 Å². The average molecular weight is 228 g/mol. The number of carbonyl (C=O) groups is 1. The molecule has 0 aromatic heterocycles. The third-order valence-electron chi connectivity index (χ3n) is 3.33. The lowest BCUT2D eigenvalue weighted by Crippen LogP contribution is -2.35. The van der Waals surface area contributed by atoms with Crippen molar-refractivity contribution < 1.29 is 9.90 Å². The molecule has 0 aromatic rings. The number of aliphatic hydroxyl groups is 1. The first-order valence-corrected chi connectivity index (χ1v) is 6.17. The molecular formula is C12H24N2O2. The summed E-state index contributed by atoms with van der Waals surface area (Å²) in [5.74, 6) is 0.713. The first-order chi connectivity index (χ1) is 7.63. The summed E-state index contributed by atoms with van der Waals surface area (Å²) in [6, 6.07) is 0. The van der Waals surface area contributed by atoms with Crippen LogP contribution in [-0.4, -0.2) is 61.2 Å². The summed E-state index contributed by atoms with van der Waals surface area (Å²) in [6.07, 6.45) is 3.78. The van der Waals surface area contributed by atoms with E-state index in [2.05, 4.69) is 4.90 Å². The first kappa shape index (κ1) is 13.5. The van der Waals surface area contributed by atoms with Crippen LogP contribution in [0.4, 0.5) is 0 Å². The van der Waals surface area contributed by atoms with Gasteiger partial charge in [-0.1, -0.05) is 0 Å². The maximum absolute atomic E-state index is 11.4. The molecule has 0 aliphatic carbocycles. The minimum atomic E-state index is 0.213. The molecule has 1 aliphatic rings. The Morgan fingerprint density at radius 3 is 2.50 bits per heavy atom. The van der Waals surface area contributed by atoms with Crippen LogP contribution in [0.2, 0.25) is 0 Å². The minimum Gasteiger partial charge on any atom is -0.396 e. The van der Waals surface area contributed by atoms with Crippen LogP contribution < -0.4 is 0 Å². The van der Waals surface area contributed by atoms with Crippen molar-refractivity contribution in [1.82, 2.24) is 9.80 Å². The number of likely N-dealkylation sites (tertiary alicyclic amines) is 1. The minimum absolute atomic E-state index is 0.213. The van der Waals surface area contributed by atoms with Crippen molar-refractivity contribution in [2.75, 3.05) is 40.3 Å². The average Bonchev–Trinajstić information content (AvgIpc) is 2.29. The zero-order valence-electron chi connectivity index (χ0n) is 10.5. The molecule has 1 saturated heterocycles. The highest BCUT2D eigenvalue weighted by atomic mass is 16.3. The Balaban J connectivity index is 2.08. The molecular weight excluding hydrogens is 204 g/mol. The summed E-state index contributed by atoms with van der Waals surface area (Å²) < 4.78 is 0. The van der Waals surface area contributed by atoms with E-state index in [9.17, 15) is 4.79 Å². The second-order valence-corrected chi connectivity index (χ2v) is 4.86. The number of hydrogen-bond donors (Lipinski definition) is 1. The molecule has 1 fully saturated rings. The van der Waals surface area contributed by atoms with E-state index in [1.807, 2.05) is 0 Å². The van der Waals surface area contributed by atoms with Gasteiger partial charge in [0, 0.05) is 27.1 Å². The SMILES string of the molecule is CN(C)C(=O)CCCN1CCC(CO)CC1. The summed E-state index contributed by atoms with van der Waals surface area (Å²) in [5.41, 5.74) is 0. The number of hydrogen-bond acceptors (Lipinski definition) is 3. The Labute approximate surface area is 98.2 Å². The Morgan fingerprint density at radius 1 is 1.38 bits per heavy atom. The van der Waals surface area contributed by atoms with Gasteiger partial charge in [-0.05, 0) is 44.8 Å². The van der Waals surface area contributed by atoms with Crippen LogP contribution in [0.1, 0.15) is 25.7 Å². The standard InChI is InChI=1S/C12H24N2O2/c1-13(2)12(16)4-3-7-14-8-5-11(10-15)6-9-14/h11,15H,3-10H2,1-2H3. The largest absolute Gasteiger partial charge is 0.396 e. The van der Waals surface area contributed by atoms with E-state index in [4.69, 9.17) is 5.11 Å². The fourth-order valence-corrected chi connectivity index (χ4v) is 2.07. The molecule has 0 bridgehead atoms. The van der Waals surface area contributed by atoms with Crippen molar-refractivity contribution >= 4 is 5.91 Å². The Morgan fingerprint density at radius 2 is 2.00 bits per heavy atom. The lowest BCUT2D eigenvalue weighted by molar-refractivity contribution is -0.128. The second kappa shape index (κ2) is 6.86. The zero-order valence-corrected chi connectivity index (χ0v) is 10.5. The number of nitrogens with zero attached hydrogens (tertiary/aromatic N) is 2. The molecule has 0 radical (unpaired) electrons. The zero-order chi connectivity index (χ0) is 12.0. The van der Waals surface area contributed by atoms with Gasteiger partial charge in [-0.2, -0.15) is 0 Å². The predicted molar refractivity (Wildman–Crippen MR) is 64.2 cm³/mol. The monoisotopic (exact) mass is 228 g/mol. The van der Waals surface area contributed by atoms with E-state index in [1.165, 1.54) is 0 Å². The molecule has 4 nitrogen and oxygen atoms in total. The van der Waals surface area contributed by atoms with Gasteiger partial charge in [0.1, 0.15) is 0 Å². The Hall–Kier alpha value is -0.610. The van der Waals surface area contributed by atoms with Crippen LogP contribution in [-0.2, 0) is 4.79 Å². The summed E-state index contributed by atoms with van der Waals surface area (Å²) >= 11 is 0. The molecule has 0 unspecified atom stereocenters. The summed E-state index contributed by atoms with van der Waals surface area (Å²) in [6.45, 7) is 3.48. The number of amides is 1. The van der Waals surface area contributed by atoms with Gasteiger partial charge in [0.15, 0.2) is 0 Å². The fraction of sp³-hybridized carbons (Fsp3) is 0.917. The van der Waals surface area contributed by atoms with Crippen molar-refractivity contribution in [3.8, 4) is 0 Å². The van der Waals surface area contributed by atoms with Crippen molar-refractivity contribution in [1.29, 1.82) is 0 Å². The van der Waals surface area contributed by atoms with Crippen LogP contribution in [0.5, 0.6) is 0 Å². The lowest BCUT2D eigenvalue weighted by Gasteiger charge is -2.30. The topological polar surface area (TPSA) is 43.8 Å². The molecule has 0 saturated carbocycles. The molecule has 4 heteroatoms. The summed E-state index contributed by atoms with van der Waals surface area (Å²) in [7, 11) is 3.60. The molecule has 0 aromatic carbocycles. The van der Waals surface area contributed by atoms with E-state index in [0.717, 1.165) is 38.9 Å². The number of carbonyl (C=O) groups excluding carboxylic acids is 1. The van der Waals surface area contributed by atoms with Gasteiger partial charge in [0.2, 0.25) is 5.91 Å². The second-order valence-electron chi connectivity index (χ2n) is 4.86. The first-order valence-electron chi connectivity index (χ1n) is 6.17. The number of rotatable bonds is 5. The lowest BCUT2D eigenvalue weighted by atomic mass is 9.98. The summed E-state index contributed by atoms with van der Waals surface area (Å²) in [4.78, 5) is 15.4. The van der Waals surface area contributed by atoms with Crippen molar-refractivity contribution in [2.24, 2.45) is 5.92 Å². The highest BCUT2D eigenvalue weighted by Crippen LogP contribution is 2.16. The van der Waals surface area contributed by atoms with Crippen LogP contribution in [0, 0.1) is 5.92 Å². The van der Waals surface area contributed by atoms with E-state index in [-0.39, 0.29) is 5.91 Å². The molecule has 16 heavy (non-hydrogen) atoms. The smallest absolute Gasteiger partial charge is 0.222 e. The molecule has 1 aliphatic heterocycles.